The lowest BCUT2D eigenvalue weighted by Gasteiger charge is -1.82. The van der Waals surface area contributed by atoms with Gasteiger partial charge in [0.05, 0.1) is 0 Å². The van der Waals surface area contributed by atoms with Crippen molar-refractivity contribution in [3.05, 3.63) is 71.8 Å². The van der Waals surface area contributed by atoms with Gasteiger partial charge in [-0.15, -0.1) is 0 Å². The second-order valence-corrected chi connectivity index (χ2v) is 4.76. The smallest absolute Gasteiger partial charge is 0.129 e. The summed E-state index contributed by atoms with van der Waals surface area (Å²) in [6, 6.07) is 20.5. The van der Waals surface area contributed by atoms with E-state index in [9.17, 15) is 4.79 Å². The van der Waals surface area contributed by atoms with Crippen LogP contribution in [-0.4, -0.2) is 5.78 Å². The van der Waals surface area contributed by atoms with E-state index in [1.54, 1.807) is 6.92 Å². The van der Waals surface area contributed by atoms with E-state index >= 15 is 0 Å². The third-order valence-electron chi connectivity index (χ3n) is 2.48. The van der Waals surface area contributed by atoms with Gasteiger partial charge in [-0.25, -0.2) is 0 Å². The van der Waals surface area contributed by atoms with Crippen molar-refractivity contribution in [3.8, 4) is 0 Å². The van der Waals surface area contributed by atoms with Crippen molar-refractivity contribution in [1.82, 2.24) is 0 Å². The largest absolute Gasteiger partial charge is 0.300 e. The summed E-state index contributed by atoms with van der Waals surface area (Å²) in [5.41, 5.74) is 2.64. The molecule has 0 heterocycles. The molecule has 20 heavy (non-hydrogen) atoms. The van der Waals surface area contributed by atoms with Gasteiger partial charge in [0.25, 0.3) is 0 Å². The molecule has 0 aliphatic rings. The molecule has 1 nitrogen and oxygen atoms in total. The van der Waals surface area contributed by atoms with Crippen LogP contribution < -0.4 is 0 Å². The molecule has 0 unspecified atom stereocenters. The van der Waals surface area contributed by atoms with Crippen molar-refractivity contribution in [1.29, 1.82) is 0 Å². The lowest BCUT2D eigenvalue weighted by atomic mass is 10.2. The Morgan fingerprint density at radius 2 is 1.15 bits per heavy atom. The second-order valence-electron chi connectivity index (χ2n) is 4.76. The van der Waals surface area contributed by atoms with Crippen LogP contribution in [0.5, 0.6) is 0 Å². The first-order valence-electron chi connectivity index (χ1n) is 7.09. The molecule has 0 aromatic heterocycles. The molecule has 0 bridgehead atoms. The quantitative estimate of drug-likeness (QED) is 0.717. The Labute approximate surface area is 123 Å². The molecule has 0 aliphatic carbocycles. The van der Waals surface area contributed by atoms with Crippen LogP contribution in [0, 0.1) is 13.8 Å². The predicted octanol–water partition coefficient (Wildman–Crippen LogP) is 5.37. The van der Waals surface area contributed by atoms with E-state index in [4.69, 9.17) is 0 Å². The maximum Gasteiger partial charge on any atom is 0.129 e. The summed E-state index contributed by atoms with van der Waals surface area (Å²) in [5, 5.41) is 0. The Morgan fingerprint density at radius 1 is 0.800 bits per heavy atom. The highest BCUT2D eigenvalue weighted by Gasteiger charge is 1.83. The standard InChI is InChI=1S/2C7H8.C5H10O/c2*1-7-5-3-2-4-6-7;1-3-4-5(2)6/h2*2-6H,1H3;3-4H2,1-2H3. The molecule has 108 valence electrons. The van der Waals surface area contributed by atoms with Crippen molar-refractivity contribution in [2.75, 3.05) is 0 Å². The molecular weight excluding hydrogens is 244 g/mol. The van der Waals surface area contributed by atoms with E-state index in [-0.39, 0.29) is 5.78 Å². The molecule has 2 aromatic carbocycles. The Balaban J connectivity index is 0.000000272. The average molecular weight is 270 g/mol. The highest BCUT2D eigenvalue weighted by molar-refractivity contribution is 5.75. The zero-order valence-electron chi connectivity index (χ0n) is 13.1. The summed E-state index contributed by atoms with van der Waals surface area (Å²) in [6.07, 6.45) is 1.72. The highest BCUT2D eigenvalue weighted by atomic mass is 16.1. The van der Waals surface area contributed by atoms with Gasteiger partial charge in [0.2, 0.25) is 0 Å². The van der Waals surface area contributed by atoms with Crippen LogP contribution >= 0.6 is 0 Å². The van der Waals surface area contributed by atoms with Crippen LogP contribution in [0.3, 0.4) is 0 Å². The van der Waals surface area contributed by atoms with Gasteiger partial charge in [-0.05, 0) is 27.2 Å². The summed E-state index contributed by atoms with van der Waals surface area (Å²) >= 11 is 0. The third kappa shape index (κ3) is 12.6. The van der Waals surface area contributed by atoms with Crippen molar-refractivity contribution in [2.24, 2.45) is 0 Å². The number of aryl methyl sites for hydroxylation is 2. The van der Waals surface area contributed by atoms with Gasteiger partial charge in [-0.3, -0.25) is 0 Å². The van der Waals surface area contributed by atoms with Crippen LogP contribution in [0.25, 0.3) is 0 Å². The van der Waals surface area contributed by atoms with E-state index in [0.717, 1.165) is 12.8 Å². The van der Waals surface area contributed by atoms with Crippen LogP contribution in [0.15, 0.2) is 60.7 Å². The minimum atomic E-state index is 0.289. The van der Waals surface area contributed by atoms with Crippen molar-refractivity contribution in [2.45, 2.75) is 40.5 Å². The fraction of sp³-hybridized carbons (Fsp3) is 0.316. The van der Waals surface area contributed by atoms with E-state index in [1.165, 1.54) is 11.1 Å². The summed E-state index contributed by atoms with van der Waals surface area (Å²) in [4.78, 5) is 10.0. The molecule has 0 atom stereocenters. The Bertz CT molecular complexity index is 408. The number of carbonyl (C=O) groups is 1. The van der Waals surface area contributed by atoms with Gasteiger partial charge >= 0.3 is 0 Å². The number of carbonyl (C=O) groups excluding carboxylic acids is 1. The third-order valence-corrected chi connectivity index (χ3v) is 2.48. The predicted molar refractivity (Wildman–Crippen MR) is 87.9 cm³/mol. The number of hydrogen-bond acceptors (Lipinski definition) is 1. The van der Waals surface area contributed by atoms with Gasteiger partial charge in [0, 0.05) is 6.42 Å². The number of benzene rings is 2. The Hall–Kier alpha value is -1.89. The summed E-state index contributed by atoms with van der Waals surface area (Å²) in [6.45, 7) is 7.78. The molecule has 1 heteroatoms. The van der Waals surface area contributed by atoms with Crippen LogP contribution in [-0.2, 0) is 4.79 Å². The zero-order chi connectivity index (χ0) is 15.2. The van der Waals surface area contributed by atoms with E-state index in [2.05, 4.69) is 38.1 Å². The van der Waals surface area contributed by atoms with Gasteiger partial charge < -0.3 is 4.79 Å². The molecule has 2 aromatic rings. The maximum atomic E-state index is 10.0. The lowest BCUT2D eigenvalue weighted by molar-refractivity contribution is -0.117. The van der Waals surface area contributed by atoms with Crippen LogP contribution in [0.2, 0.25) is 0 Å². The maximum absolute atomic E-state index is 10.0. The SMILES string of the molecule is CCCC(C)=O.Cc1ccccc1.Cc1ccccc1. The van der Waals surface area contributed by atoms with Gasteiger partial charge in [-0.2, -0.15) is 0 Å². The number of Topliss-reactive ketones (excluding diaryl/α,β-unsaturated/α-hetero) is 1. The van der Waals surface area contributed by atoms with Crippen LogP contribution in [0.1, 0.15) is 37.8 Å². The van der Waals surface area contributed by atoms with E-state index in [1.807, 2.05) is 43.3 Å². The van der Waals surface area contributed by atoms with Crippen molar-refractivity contribution < 1.29 is 4.79 Å². The summed E-state index contributed by atoms with van der Waals surface area (Å²) in [5.74, 6) is 0.289. The van der Waals surface area contributed by atoms with Crippen LogP contribution in [0.4, 0.5) is 0 Å². The summed E-state index contributed by atoms with van der Waals surface area (Å²) < 4.78 is 0. The molecular formula is C19H26O. The first-order chi connectivity index (χ1) is 9.56. The van der Waals surface area contributed by atoms with Crippen molar-refractivity contribution in [3.63, 3.8) is 0 Å². The van der Waals surface area contributed by atoms with E-state index in [0.29, 0.717) is 0 Å². The van der Waals surface area contributed by atoms with E-state index < -0.39 is 0 Å². The molecule has 2 rings (SSSR count). The van der Waals surface area contributed by atoms with Gasteiger partial charge in [-0.1, -0.05) is 78.7 Å². The molecule has 0 saturated carbocycles. The minimum Gasteiger partial charge on any atom is -0.300 e. The zero-order valence-corrected chi connectivity index (χ0v) is 13.1. The Kier molecular flexibility index (Phi) is 11.0. The monoisotopic (exact) mass is 270 g/mol. The molecule has 0 N–H and O–H groups in total. The molecule has 0 spiro atoms. The first kappa shape index (κ1) is 18.1. The van der Waals surface area contributed by atoms with Gasteiger partial charge in [0.1, 0.15) is 5.78 Å². The number of ketones is 1. The Morgan fingerprint density at radius 3 is 1.25 bits per heavy atom. The lowest BCUT2D eigenvalue weighted by Crippen LogP contribution is -1.84. The fourth-order valence-corrected chi connectivity index (χ4v) is 1.42. The number of hydrogen-bond donors (Lipinski definition) is 0. The summed E-state index contributed by atoms with van der Waals surface area (Å²) in [7, 11) is 0. The molecule has 0 saturated heterocycles. The normalized spacial score (nSPS) is 8.60. The van der Waals surface area contributed by atoms with Gasteiger partial charge in [0.15, 0.2) is 0 Å². The molecule has 0 aliphatic heterocycles. The first-order valence-corrected chi connectivity index (χ1v) is 7.09. The topological polar surface area (TPSA) is 17.1 Å². The number of rotatable bonds is 2. The molecule has 0 fully saturated rings. The second kappa shape index (κ2) is 12.2. The van der Waals surface area contributed by atoms with Crippen molar-refractivity contribution >= 4 is 5.78 Å². The highest BCUT2D eigenvalue weighted by Crippen LogP contribution is 1.92. The fourth-order valence-electron chi connectivity index (χ4n) is 1.42. The molecule has 0 radical (unpaired) electrons. The minimum absolute atomic E-state index is 0.289. The average Bonchev–Trinajstić information content (AvgIpc) is 2.42. The molecule has 0 amide bonds.